The fourth-order valence-corrected chi connectivity index (χ4v) is 3.34. The Hall–Kier alpha value is -3.84. The molecule has 2 amide bonds. The third-order valence-electron chi connectivity index (χ3n) is 5.25. The van der Waals surface area contributed by atoms with Gasteiger partial charge in [0, 0.05) is 22.7 Å². The fraction of sp³-hybridized carbons (Fsp3) is 0.222. The second-order valence-corrected chi connectivity index (χ2v) is 8.86. The number of hydrogen-bond donors (Lipinski definition) is 3. The van der Waals surface area contributed by atoms with Gasteiger partial charge in [-0.15, -0.1) is 0 Å². The first-order valence-corrected chi connectivity index (χ1v) is 11.4. The van der Waals surface area contributed by atoms with Crippen molar-refractivity contribution in [1.82, 2.24) is 10.6 Å². The number of carbonyl (C=O) groups is 3. The molecule has 0 aliphatic heterocycles. The topological polar surface area (TPSA) is 105 Å². The van der Waals surface area contributed by atoms with Crippen molar-refractivity contribution in [2.24, 2.45) is 0 Å². The van der Waals surface area contributed by atoms with Gasteiger partial charge in [-0.05, 0) is 86.5 Å². The Labute approximate surface area is 209 Å². The van der Waals surface area contributed by atoms with E-state index >= 15 is 0 Å². The number of amides is 2. The monoisotopic (exact) mass is 494 g/mol. The molecule has 3 rings (SSSR count). The second kappa shape index (κ2) is 11.5. The number of nitrogens with one attached hydrogen (secondary N) is 2. The van der Waals surface area contributed by atoms with Crippen molar-refractivity contribution < 1.29 is 24.2 Å². The minimum absolute atomic E-state index is 0.0637. The van der Waals surface area contributed by atoms with Gasteiger partial charge >= 0.3 is 0 Å². The number of Topliss-reactive ketones (excluding diaryl/α,β-unsaturated/α-hetero) is 1. The molecule has 0 saturated carbocycles. The Balaban J connectivity index is 1.46. The summed E-state index contributed by atoms with van der Waals surface area (Å²) in [6, 6.07) is 19.8. The van der Waals surface area contributed by atoms with Crippen molar-refractivity contribution in [2.75, 3.05) is 13.1 Å². The van der Waals surface area contributed by atoms with Crippen LogP contribution in [0, 0.1) is 0 Å². The number of rotatable bonds is 10. The standard InChI is InChI=1S/C27H27ClN2O5/c1-27(2,26(34)30-17-24(32)19-7-11-22(31)12-8-19)35-23-13-3-18(4-14-23)15-16-29-25(33)20-5-9-21(28)10-6-20/h3-14,31H,15-17H2,1-2H3,(H,29,33)(H,30,34). The maximum absolute atomic E-state index is 12.6. The summed E-state index contributed by atoms with van der Waals surface area (Å²) in [7, 11) is 0. The van der Waals surface area contributed by atoms with E-state index in [4.69, 9.17) is 16.3 Å². The van der Waals surface area contributed by atoms with Crippen LogP contribution in [0.25, 0.3) is 0 Å². The Kier molecular flexibility index (Phi) is 8.49. The smallest absolute Gasteiger partial charge is 0.263 e. The lowest BCUT2D eigenvalue weighted by Gasteiger charge is -2.25. The first-order chi connectivity index (χ1) is 16.6. The lowest BCUT2D eigenvalue weighted by molar-refractivity contribution is -0.134. The van der Waals surface area contributed by atoms with Crippen LogP contribution in [0.3, 0.4) is 0 Å². The first kappa shape index (κ1) is 25.8. The van der Waals surface area contributed by atoms with E-state index in [0.29, 0.717) is 34.9 Å². The van der Waals surface area contributed by atoms with E-state index in [-0.39, 0.29) is 24.0 Å². The number of aromatic hydroxyl groups is 1. The maximum atomic E-state index is 12.6. The van der Waals surface area contributed by atoms with Crippen LogP contribution < -0.4 is 15.4 Å². The largest absolute Gasteiger partial charge is 0.508 e. The summed E-state index contributed by atoms with van der Waals surface area (Å²) in [6.07, 6.45) is 0.628. The van der Waals surface area contributed by atoms with E-state index in [9.17, 15) is 19.5 Å². The summed E-state index contributed by atoms with van der Waals surface area (Å²) < 4.78 is 5.85. The van der Waals surface area contributed by atoms with Crippen molar-refractivity contribution in [1.29, 1.82) is 0 Å². The van der Waals surface area contributed by atoms with Crippen LogP contribution >= 0.6 is 11.6 Å². The molecule has 3 aromatic carbocycles. The van der Waals surface area contributed by atoms with Crippen molar-refractivity contribution in [2.45, 2.75) is 25.9 Å². The molecule has 7 nitrogen and oxygen atoms in total. The van der Waals surface area contributed by atoms with Crippen LogP contribution in [0.4, 0.5) is 0 Å². The Morgan fingerprint density at radius 2 is 1.46 bits per heavy atom. The zero-order valence-corrected chi connectivity index (χ0v) is 20.3. The predicted octanol–water partition coefficient (Wildman–Crippen LogP) is 4.17. The zero-order valence-electron chi connectivity index (χ0n) is 19.5. The number of benzene rings is 3. The Morgan fingerprint density at radius 1 is 0.857 bits per heavy atom. The van der Waals surface area contributed by atoms with Gasteiger partial charge in [-0.3, -0.25) is 14.4 Å². The van der Waals surface area contributed by atoms with Crippen molar-refractivity contribution in [3.63, 3.8) is 0 Å². The average molecular weight is 495 g/mol. The molecule has 0 aliphatic rings. The molecule has 8 heteroatoms. The summed E-state index contributed by atoms with van der Waals surface area (Å²) in [5.74, 6) is -0.309. The van der Waals surface area contributed by atoms with Crippen LogP contribution in [-0.2, 0) is 11.2 Å². The normalized spacial score (nSPS) is 10.9. The van der Waals surface area contributed by atoms with Crippen molar-refractivity contribution >= 4 is 29.2 Å². The highest BCUT2D eigenvalue weighted by Crippen LogP contribution is 2.20. The molecule has 182 valence electrons. The van der Waals surface area contributed by atoms with E-state index in [2.05, 4.69) is 10.6 Å². The number of phenols is 1. The molecule has 0 saturated heterocycles. The Morgan fingerprint density at radius 3 is 2.09 bits per heavy atom. The molecule has 0 spiro atoms. The van der Waals surface area contributed by atoms with E-state index in [1.807, 2.05) is 12.1 Å². The maximum Gasteiger partial charge on any atom is 0.263 e. The number of carbonyl (C=O) groups excluding carboxylic acids is 3. The average Bonchev–Trinajstić information content (AvgIpc) is 2.84. The molecule has 0 heterocycles. The van der Waals surface area contributed by atoms with Crippen molar-refractivity contribution in [3.8, 4) is 11.5 Å². The number of hydrogen-bond acceptors (Lipinski definition) is 5. The van der Waals surface area contributed by atoms with Gasteiger partial charge < -0.3 is 20.5 Å². The van der Waals surface area contributed by atoms with Gasteiger partial charge in [-0.1, -0.05) is 23.7 Å². The summed E-state index contributed by atoms with van der Waals surface area (Å²) in [6.45, 7) is 3.52. The van der Waals surface area contributed by atoms with Crippen molar-refractivity contribution in [3.05, 3.63) is 94.5 Å². The number of ether oxygens (including phenoxy) is 1. The molecule has 0 aromatic heterocycles. The van der Waals surface area contributed by atoms with E-state index in [1.165, 1.54) is 24.3 Å². The predicted molar refractivity (Wildman–Crippen MR) is 134 cm³/mol. The molecule has 0 radical (unpaired) electrons. The van der Waals surface area contributed by atoms with E-state index < -0.39 is 11.5 Å². The van der Waals surface area contributed by atoms with E-state index in [0.717, 1.165) is 5.56 Å². The third-order valence-corrected chi connectivity index (χ3v) is 5.50. The molecule has 3 aromatic rings. The summed E-state index contributed by atoms with van der Waals surface area (Å²) >= 11 is 5.84. The lowest BCUT2D eigenvalue weighted by Crippen LogP contribution is -2.47. The van der Waals surface area contributed by atoms with Crippen LogP contribution in [0.2, 0.25) is 5.02 Å². The molecule has 0 bridgehead atoms. The molecule has 0 atom stereocenters. The molecule has 3 N–H and O–H groups in total. The summed E-state index contributed by atoms with van der Waals surface area (Å²) in [5, 5.41) is 15.4. The summed E-state index contributed by atoms with van der Waals surface area (Å²) in [5.41, 5.74) is 0.726. The number of halogens is 1. The number of phenolic OH excluding ortho intramolecular Hbond substituents is 1. The summed E-state index contributed by atoms with van der Waals surface area (Å²) in [4.78, 5) is 37.0. The van der Waals surface area contributed by atoms with Gasteiger partial charge in [0.1, 0.15) is 11.5 Å². The first-order valence-electron chi connectivity index (χ1n) is 11.1. The third kappa shape index (κ3) is 7.58. The van der Waals surface area contributed by atoms with Crippen LogP contribution in [0.15, 0.2) is 72.8 Å². The molecule has 35 heavy (non-hydrogen) atoms. The SMILES string of the molecule is CC(C)(Oc1ccc(CCNC(=O)c2ccc(Cl)cc2)cc1)C(=O)NCC(=O)c1ccc(O)cc1. The highest BCUT2D eigenvalue weighted by Gasteiger charge is 2.30. The minimum atomic E-state index is -1.21. The van der Waals surface area contributed by atoms with Gasteiger partial charge in [-0.25, -0.2) is 0 Å². The quantitative estimate of drug-likeness (QED) is 0.367. The fourth-order valence-electron chi connectivity index (χ4n) is 3.21. The highest BCUT2D eigenvalue weighted by molar-refractivity contribution is 6.30. The van der Waals surface area contributed by atoms with Crippen LogP contribution in [0.5, 0.6) is 11.5 Å². The molecule has 0 aliphatic carbocycles. The van der Waals surface area contributed by atoms with Gasteiger partial charge in [0.2, 0.25) is 0 Å². The highest BCUT2D eigenvalue weighted by atomic mass is 35.5. The van der Waals surface area contributed by atoms with Crippen LogP contribution in [-0.4, -0.2) is 41.4 Å². The molecular weight excluding hydrogens is 468 g/mol. The Bertz CT molecular complexity index is 1170. The van der Waals surface area contributed by atoms with Gasteiger partial charge in [-0.2, -0.15) is 0 Å². The molecule has 0 fully saturated rings. The van der Waals surface area contributed by atoms with Gasteiger partial charge in [0.25, 0.3) is 11.8 Å². The minimum Gasteiger partial charge on any atom is -0.508 e. The lowest BCUT2D eigenvalue weighted by atomic mass is 10.1. The van der Waals surface area contributed by atoms with Crippen LogP contribution in [0.1, 0.15) is 40.1 Å². The second-order valence-electron chi connectivity index (χ2n) is 8.42. The van der Waals surface area contributed by atoms with Gasteiger partial charge in [0.05, 0.1) is 6.54 Å². The number of ketones is 1. The zero-order chi connectivity index (χ0) is 25.4. The van der Waals surface area contributed by atoms with Gasteiger partial charge in [0.15, 0.2) is 11.4 Å². The molecule has 0 unspecified atom stereocenters. The molecular formula is C27H27ClN2O5. The van der Waals surface area contributed by atoms with E-state index in [1.54, 1.807) is 50.2 Å².